The Balaban J connectivity index is 0.000000424. The van der Waals surface area contributed by atoms with E-state index >= 15 is 0 Å². The summed E-state index contributed by atoms with van der Waals surface area (Å²) in [7, 11) is 1.67. The number of aromatic hydroxyl groups is 1. The summed E-state index contributed by atoms with van der Waals surface area (Å²) < 4.78 is 0. The Morgan fingerprint density at radius 1 is 1.38 bits per heavy atom. The topological polar surface area (TPSA) is 32.6 Å². The molecule has 1 aromatic carbocycles. The molecule has 0 amide bonds. The number of aliphatic imine (C=N–C) groups is 1. The minimum absolute atomic E-state index is 0.125. The molecule has 1 aromatic rings. The van der Waals surface area contributed by atoms with Crippen molar-refractivity contribution >= 4 is 32.5 Å². The fourth-order valence-electron chi connectivity index (χ4n) is 0.736. The number of phenolic OH excluding ortho intramolecular Hbond substituents is 1. The number of hydrogen-bond donors (Lipinski definition) is 1. The molecular formula is C8H9Br2NOTi. The molecule has 0 radical (unpaired) electrons. The summed E-state index contributed by atoms with van der Waals surface area (Å²) in [5, 5.41) is 9.15. The number of halogens is 2. The van der Waals surface area contributed by atoms with Gasteiger partial charge in [0.25, 0.3) is 0 Å². The zero-order chi connectivity index (χ0) is 10.1. The first-order chi connectivity index (χ1) is 6.26. The molecule has 2 nitrogen and oxygen atoms in total. The van der Waals surface area contributed by atoms with Crippen LogP contribution in [0.4, 0.5) is 0 Å². The maximum absolute atomic E-state index is 9.15. The number of hydrogen-bond acceptors (Lipinski definition) is 2. The van der Waals surface area contributed by atoms with Crippen LogP contribution in [0.1, 0.15) is 5.56 Å². The van der Waals surface area contributed by atoms with E-state index in [0.29, 0.717) is 0 Å². The average Bonchev–Trinajstić information content (AvgIpc) is 2.11. The van der Waals surface area contributed by atoms with Gasteiger partial charge in [-0.15, -0.1) is 0 Å². The van der Waals surface area contributed by atoms with E-state index in [9.17, 15) is 0 Å². The van der Waals surface area contributed by atoms with Crippen molar-refractivity contribution in [3.05, 3.63) is 29.8 Å². The van der Waals surface area contributed by atoms with Crippen LogP contribution in [-0.4, -0.2) is 18.4 Å². The summed E-state index contributed by atoms with van der Waals surface area (Å²) in [6, 6.07) is 7.08. The third-order valence-corrected chi connectivity index (χ3v) is 1.20. The standard InChI is InChI=1S/C8H9NO.2BrH.Ti/c1-9-6-7-4-2-3-5-8(7)10;;;/h2-6,10H,1H3;2*1H;/q;;;+2/p-2. The van der Waals surface area contributed by atoms with Crippen LogP contribution in [0.2, 0.25) is 0 Å². The Morgan fingerprint density at radius 2 is 1.92 bits per heavy atom. The molecule has 0 unspecified atom stereocenters. The molecule has 0 aliphatic heterocycles. The quantitative estimate of drug-likeness (QED) is 0.617. The summed E-state index contributed by atoms with van der Waals surface area (Å²) in [4.78, 5) is 3.78. The second-order valence-corrected chi connectivity index (χ2v) is 9.90. The Labute approximate surface area is 99.5 Å². The van der Waals surface area contributed by atoms with E-state index in [4.69, 9.17) is 5.11 Å². The third kappa shape index (κ3) is 6.44. The van der Waals surface area contributed by atoms with Gasteiger partial charge in [-0.2, -0.15) is 0 Å². The van der Waals surface area contributed by atoms with E-state index in [1.807, 2.05) is 12.1 Å². The Hall–Kier alpha value is 0.364. The predicted octanol–water partition coefficient (Wildman–Crippen LogP) is 3.13. The van der Waals surface area contributed by atoms with Gasteiger partial charge < -0.3 is 5.11 Å². The van der Waals surface area contributed by atoms with Gasteiger partial charge in [-0.05, 0) is 12.1 Å². The molecule has 0 fully saturated rings. The first-order valence-corrected chi connectivity index (χ1v) is 11.1. The van der Waals surface area contributed by atoms with E-state index in [2.05, 4.69) is 31.3 Å². The second kappa shape index (κ2) is 8.94. The Kier molecular flexibility index (Phi) is 9.19. The number of phenols is 1. The number of nitrogens with zero attached hydrogens (tertiary/aromatic N) is 1. The molecule has 0 aliphatic rings. The van der Waals surface area contributed by atoms with Crippen LogP contribution >= 0.6 is 26.3 Å². The average molecular weight is 343 g/mol. The number of rotatable bonds is 1. The zero-order valence-electron chi connectivity index (χ0n) is 7.04. The predicted molar refractivity (Wildman–Crippen MR) is 59.5 cm³/mol. The van der Waals surface area contributed by atoms with Crippen LogP contribution in [0.15, 0.2) is 29.3 Å². The van der Waals surface area contributed by atoms with Crippen molar-refractivity contribution < 1.29 is 20.1 Å². The molecule has 0 spiro atoms. The molecule has 0 saturated heterocycles. The van der Waals surface area contributed by atoms with Gasteiger partial charge in [0, 0.05) is 18.8 Å². The molecule has 5 heteroatoms. The van der Waals surface area contributed by atoms with Crippen molar-refractivity contribution in [3.63, 3.8) is 0 Å². The van der Waals surface area contributed by atoms with E-state index < -0.39 is 0 Å². The fraction of sp³-hybridized carbons (Fsp3) is 0.125. The van der Waals surface area contributed by atoms with Gasteiger partial charge in [0.05, 0.1) is 0 Å². The molecular weight excluding hydrogens is 334 g/mol. The van der Waals surface area contributed by atoms with Gasteiger partial charge in [-0.3, -0.25) is 4.99 Å². The Bertz CT molecular complexity index is 268. The van der Waals surface area contributed by atoms with Gasteiger partial charge in [-0.1, -0.05) is 12.1 Å². The van der Waals surface area contributed by atoms with Gasteiger partial charge in [0.15, 0.2) is 0 Å². The van der Waals surface area contributed by atoms with Crippen LogP contribution in [0, 0.1) is 0 Å². The molecule has 0 aliphatic carbocycles. The van der Waals surface area contributed by atoms with Crippen molar-refractivity contribution in [1.29, 1.82) is 0 Å². The molecule has 1 rings (SSSR count). The SMILES string of the molecule is CN=Cc1ccccc1O.[Br][Ti][Br]. The summed E-state index contributed by atoms with van der Waals surface area (Å²) >= 11 is 6.50. The first kappa shape index (κ1) is 13.4. The molecule has 0 bridgehead atoms. The van der Waals surface area contributed by atoms with Crippen molar-refractivity contribution in [3.8, 4) is 5.75 Å². The van der Waals surface area contributed by atoms with Crippen molar-refractivity contribution in [2.45, 2.75) is 0 Å². The van der Waals surface area contributed by atoms with E-state index in [0.717, 1.165) is 5.56 Å². The van der Waals surface area contributed by atoms with E-state index in [1.54, 1.807) is 25.4 Å². The number of para-hydroxylation sites is 1. The monoisotopic (exact) mass is 341 g/mol. The molecule has 0 heterocycles. The summed E-state index contributed by atoms with van der Waals surface area (Å²) in [5.41, 5.74) is 0.755. The van der Waals surface area contributed by atoms with Crippen molar-refractivity contribution in [2.75, 3.05) is 7.05 Å². The van der Waals surface area contributed by atoms with Crippen molar-refractivity contribution in [1.82, 2.24) is 0 Å². The molecule has 13 heavy (non-hydrogen) atoms. The molecule has 0 aromatic heterocycles. The molecule has 70 valence electrons. The summed E-state index contributed by atoms with van der Waals surface area (Å²) in [6.45, 7) is 0. The fourth-order valence-corrected chi connectivity index (χ4v) is 0.736. The molecule has 0 atom stereocenters. The van der Waals surface area contributed by atoms with Gasteiger partial charge >= 0.3 is 41.3 Å². The van der Waals surface area contributed by atoms with Gasteiger partial charge in [-0.25, -0.2) is 0 Å². The number of benzene rings is 1. The Morgan fingerprint density at radius 3 is 2.38 bits per heavy atom. The maximum atomic E-state index is 9.15. The zero-order valence-corrected chi connectivity index (χ0v) is 11.8. The third-order valence-electron chi connectivity index (χ3n) is 1.20. The van der Waals surface area contributed by atoms with Crippen LogP contribution in [-0.2, 0) is 15.0 Å². The summed E-state index contributed by atoms with van der Waals surface area (Å²) in [5.74, 6) is 0.271. The first-order valence-electron chi connectivity index (χ1n) is 3.42. The van der Waals surface area contributed by atoms with Crippen LogP contribution < -0.4 is 0 Å². The summed E-state index contributed by atoms with van der Waals surface area (Å²) in [6.07, 6.45) is 1.62. The molecule has 1 N–H and O–H groups in total. The van der Waals surface area contributed by atoms with Crippen LogP contribution in [0.25, 0.3) is 0 Å². The van der Waals surface area contributed by atoms with Crippen LogP contribution in [0.3, 0.4) is 0 Å². The minimum atomic E-state index is 0.125. The van der Waals surface area contributed by atoms with E-state index in [1.165, 1.54) is 0 Å². The second-order valence-electron chi connectivity index (χ2n) is 2.02. The van der Waals surface area contributed by atoms with Gasteiger partial charge in [0.2, 0.25) is 0 Å². The van der Waals surface area contributed by atoms with Gasteiger partial charge in [0.1, 0.15) is 5.75 Å². The molecule has 0 saturated carbocycles. The van der Waals surface area contributed by atoms with Crippen LogP contribution in [0.5, 0.6) is 5.75 Å². The van der Waals surface area contributed by atoms with Crippen molar-refractivity contribution in [2.24, 2.45) is 4.99 Å². The normalized spacial score (nSPS) is 9.15. The van der Waals surface area contributed by atoms with E-state index in [-0.39, 0.29) is 20.7 Å².